The van der Waals surface area contributed by atoms with Gasteiger partial charge in [-0.2, -0.15) is 0 Å². The van der Waals surface area contributed by atoms with Gasteiger partial charge in [0.1, 0.15) is 18.3 Å². The zero-order valence-corrected chi connectivity index (χ0v) is 19.7. The maximum Gasteiger partial charge on any atom is 0.325 e. The number of amides is 2. The summed E-state index contributed by atoms with van der Waals surface area (Å²) in [6.07, 6.45) is 2.88. The third-order valence-electron chi connectivity index (χ3n) is 3.86. The van der Waals surface area contributed by atoms with Crippen molar-refractivity contribution in [2.75, 3.05) is 20.3 Å². The summed E-state index contributed by atoms with van der Waals surface area (Å²) in [6, 6.07) is 6.48. The first-order valence-electron chi connectivity index (χ1n) is 10.6. The Balaban J connectivity index is 0. The van der Waals surface area contributed by atoms with E-state index >= 15 is 0 Å². The first kappa shape index (κ1) is 30.6. The fourth-order valence-corrected chi connectivity index (χ4v) is 2.06. The van der Waals surface area contributed by atoms with Gasteiger partial charge in [-0.3, -0.25) is 14.4 Å². The lowest BCUT2D eigenvalue weighted by Gasteiger charge is -2.19. The second-order valence-corrected chi connectivity index (χ2v) is 7.31. The van der Waals surface area contributed by atoms with Crippen molar-refractivity contribution in [2.24, 2.45) is 5.92 Å². The van der Waals surface area contributed by atoms with Crippen molar-refractivity contribution >= 4 is 17.8 Å². The molecule has 0 saturated carbocycles. The minimum Gasteiger partial charge on any atom is -0.508 e. The molecule has 8 nitrogen and oxygen atoms in total. The van der Waals surface area contributed by atoms with Gasteiger partial charge in [0.15, 0.2) is 0 Å². The monoisotopic (exact) mass is 440 g/mol. The number of hydrogen-bond acceptors (Lipinski definition) is 6. The third-order valence-corrected chi connectivity index (χ3v) is 3.86. The maximum absolute atomic E-state index is 11.8. The second-order valence-electron chi connectivity index (χ2n) is 7.31. The van der Waals surface area contributed by atoms with Gasteiger partial charge < -0.3 is 25.6 Å². The summed E-state index contributed by atoms with van der Waals surface area (Å²) in [5, 5.41) is 21.9. The van der Waals surface area contributed by atoms with Crippen LogP contribution in [0.4, 0.5) is 0 Å². The molecule has 0 aliphatic carbocycles. The van der Waals surface area contributed by atoms with E-state index < -0.39 is 12.0 Å². The van der Waals surface area contributed by atoms with Crippen LogP contribution in [0.2, 0.25) is 0 Å². The molecule has 0 spiro atoms. The van der Waals surface area contributed by atoms with Gasteiger partial charge in [-0.1, -0.05) is 51.8 Å². The molecule has 1 rings (SSSR count). The maximum atomic E-state index is 11.8. The van der Waals surface area contributed by atoms with Crippen molar-refractivity contribution < 1.29 is 29.3 Å². The van der Waals surface area contributed by atoms with Crippen LogP contribution < -0.4 is 10.6 Å². The highest BCUT2D eigenvalue weighted by atomic mass is 16.5. The Morgan fingerprint density at radius 3 is 2.03 bits per heavy atom. The van der Waals surface area contributed by atoms with Crippen LogP contribution in [-0.2, 0) is 19.1 Å². The topological polar surface area (TPSA) is 125 Å². The Labute approximate surface area is 186 Å². The quantitative estimate of drug-likeness (QED) is 0.438. The number of phenols is 1. The molecule has 2 amide bonds. The van der Waals surface area contributed by atoms with E-state index in [1.165, 1.54) is 12.7 Å². The number of methoxy groups -OCH3 is 1. The van der Waals surface area contributed by atoms with Crippen LogP contribution in [0.3, 0.4) is 0 Å². The molecule has 0 fully saturated rings. The smallest absolute Gasteiger partial charge is 0.325 e. The van der Waals surface area contributed by atoms with Crippen molar-refractivity contribution in [1.29, 1.82) is 0 Å². The Bertz CT molecular complexity index is 594. The molecule has 0 saturated heterocycles. The summed E-state index contributed by atoms with van der Waals surface area (Å²) in [4.78, 5) is 34.1. The van der Waals surface area contributed by atoms with Crippen molar-refractivity contribution in [3.05, 3.63) is 29.8 Å². The standard InChI is InChI=1S/C12H22N2O4.C7H8O.C4H10O/c1-5-10(15)14-9(6-8(2)3)12(17)13-7-11(16)18-4;1-6-2-4-7(8)5-3-6;1-2-3-4-5/h8-9H,5-7H2,1-4H3,(H,13,17)(H,14,15);2-5,8H,1H3;5H,2-4H2,1H3/t9-;;/m0../s1. The van der Waals surface area contributed by atoms with Gasteiger partial charge in [0, 0.05) is 13.0 Å². The summed E-state index contributed by atoms with van der Waals surface area (Å²) in [7, 11) is 1.25. The fraction of sp³-hybridized carbons (Fsp3) is 0.609. The first-order valence-corrected chi connectivity index (χ1v) is 10.6. The molecular formula is C23H40N2O6. The number of ether oxygens (including phenoxy) is 1. The Hall–Kier alpha value is -2.61. The summed E-state index contributed by atoms with van der Waals surface area (Å²) in [5.74, 6) is -0.482. The van der Waals surface area contributed by atoms with Gasteiger partial charge in [0.05, 0.1) is 7.11 Å². The molecule has 0 aromatic heterocycles. The Morgan fingerprint density at radius 2 is 1.68 bits per heavy atom. The summed E-state index contributed by atoms with van der Waals surface area (Å²) in [6.45, 7) is 9.82. The summed E-state index contributed by atoms with van der Waals surface area (Å²) < 4.78 is 4.42. The molecule has 8 heteroatoms. The highest BCUT2D eigenvalue weighted by molar-refractivity contribution is 5.89. The molecule has 31 heavy (non-hydrogen) atoms. The molecule has 0 heterocycles. The van der Waals surface area contributed by atoms with E-state index in [2.05, 4.69) is 22.3 Å². The molecular weight excluding hydrogens is 400 g/mol. The van der Waals surface area contributed by atoms with E-state index in [4.69, 9.17) is 10.2 Å². The first-order chi connectivity index (χ1) is 14.6. The molecule has 0 aliphatic rings. The van der Waals surface area contributed by atoms with E-state index in [1.54, 1.807) is 19.1 Å². The second kappa shape index (κ2) is 19.4. The van der Waals surface area contributed by atoms with Crippen molar-refractivity contribution in [3.8, 4) is 5.75 Å². The molecule has 1 aromatic rings. The Morgan fingerprint density at radius 1 is 1.10 bits per heavy atom. The Kier molecular flexibility index (Phi) is 19.1. The van der Waals surface area contributed by atoms with Crippen molar-refractivity contribution in [2.45, 2.75) is 66.3 Å². The normalized spacial score (nSPS) is 10.6. The van der Waals surface area contributed by atoms with E-state index in [-0.39, 0.29) is 24.3 Å². The largest absolute Gasteiger partial charge is 0.508 e. The summed E-state index contributed by atoms with van der Waals surface area (Å²) >= 11 is 0. The van der Waals surface area contributed by atoms with E-state index in [1.807, 2.05) is 32.9 Å². The van der Waals surface area contributed by atoms with Crippen LogP contribution in [0.15, 0.2) is 24.3 Å². The van der Waals surface area contributed by atoms with Crippen LogP contribution in [0.5, 0.6) is 5.75 Å². The minimum absolute atomic E-state index is 0.186. The van der Waals surface area contributed by atoms with E-state index in [0.29, 0.717) is 25.2 Å². The molecule has 0 radical (unpaired) electrons. The van der Waals surface area contributed by atoms with Crippen LogP contribution in [-0.4, -0.2) is 54.3 Å². The lowest BCUT2D eigenvalue weighted by molar-refractivity contribution is -0.141. The summed E-state index contributed by atoms with van der Waals surface area (Å²) in [5.41, 5.74) is 1.17. The molecule has 1 atom stereocenters. The molecule has 178 valence electrons. The van der Waals surface area contributed by atoms with Crippen LogP contribution in [0, 0.1) is 12.8 Å². The SMILES string of the molecule is CCC(=O)N[C@@H](CC(C)C)C(=O)NCC(=O)OC.CCCCO.Cc1ccc(O)cc1. The fourth-order valence-electron chi connectivity index (χ4n) is 2.06. The predicted molar refractivity (Wildman–Crippen MR) is 122 cm³/mol. The number of nitrogens with one attached hydrogen (secondary N) is 2. The zero-order chi connectivity index (χ0) is 24.2. The third kappa shape index (κ3) is 19.1. The van der Waals surface area contributed by atoms with E-state index in [0.717, 1.165) is 12.8 Å². The lowest BCUT2D eigenvalue weighted by Crippen LogP contribution is -2.48. The van der Waals surface area contributed by atoms with Crippen LogP contribution in [0.1, 0.15) is 58.9 Å². The van der Waals surface area contributed by atoms with E-state index in [9.17, 15) is 14.4 Å². The number of carbonyl (C=O) groups is 3. The van der Waals surface area contributed by atoms with Gasteiger partial charge in [0.2, 0.25) is 11.8 Å². The number of esters is 1. The minimum atomic E-state index is -0.609. The van der Waals surface area contributed by atoms with Gasteiger partial charge >= 0.3 is 5.97 Å². The average Bonchev–Trinajstić information content (AvgIpc) is 2.74. The number of hydrogen-bond donors (Lipinski definition) is 4. The van der Waals surface area contributed by atoms with Gasteiger partial charge in [0.25, 0.3) is 0 Å². The molecule has 0 aliphatic heterocycles. The number of phenolic OH excluding ortho intramolecular Hbond substituents is 1. The highest BCUT2D eigenvalue weighted by Gasteiger charge is 2.21. The molecule has 1 aromatic carbocycles. The van der Waals surface area contributed by atoms with Gasteiger partial charge in [-0.25, -0.2) is 0 Å². The van der Waals surface area contributed by atoms with Crippen LogP contribution >= 0.6 is 0 Å². The highest BCUT2D eigenvalue weighted by Crippen LogP contribution is 2.07. The molecule has 0 unspecified atom stereocenters. The number of carbonyl (C=O) groups excluding carboxylic acids is 3. The van der Waals surface area contributed by atoms with Crippen molar-refractivity contribution in [1.82, 2.24) is 10.6 Å². The average molecular weight is 441 g/mol. The number of rotatable bonds is 9. The lowest BCUT2D eigenvalue weighted by atomic mass is 10.0. The van der Waals surface area contributed by atoms with Crippen LogP contribution in [0.25, 0.3) is 0 Å². The molecule has 4 N–H and O–H groups in total. The number of aliphatic hydroxyl groups is 1. The predicted octanol–water partition coefficient (Wildman–Crippen LogP) is 2.70. The molecule has 0 bridgehead atoms. The van der Waals surface area contributed by atoms with Gasteiger partial charge in [-0.05, 0) is 37.8 Å². The zero-order valence-electron chi connectivity index (χ0n) is 19.7. The van der Waals surface area contributed by atoms with Crippen molar-refractivity contribution in [3.63, 3.8) is 0 Å². The number of benzene rings is 1. The number of aliphatic hydroxyl groups excluding tert-OH is 1. The van der Waals surface area contributed by atoms with Gasteiger partial charge in [-0.15, -0.1) is 0 Å². The number of aryl methyl sites for hydroxylation is 1. The number of aromatic hydroxyl groups is 1. The number of unbranched alkanes of at least 4 members (excludes halogenated alkanes) is 1.